The molecule has 1 aromatic rings. The molecule has 1 unspecified atom stereocenters. The summed E-state index contributed by atoms with van der Waals surface area (Å²) >= 11 is 0. The molecule has 3 N–H and O–H groups in total. The van der Waals surface area contributed by atoms with Gasteiger partial charge in [0.2, 0.25) is 11.8 Å². The van der Waals surface area contributed by atoms with Crippen molar-refractivity contribution in [2.24, 2.45) is 5.92 Å². The number of hydrogen-bond acceptors (Lipinski definition) is 2. The Kier molecular flexibility index (Phi) is 6.01. The van der Waals surface area contributed by atoms with Gasteiger partial charge in [0.25, 0.3) is 0 Å². The number of carbonyl (C=O) groups excluding carboxylic acids is 2. The molecule has 22 heavy (non-hydrogen) atoms. The summed E-state index contributed by atoms with van der Waals surface area (Å²) in [6.07, 6.45) is 4.15. The Hall–Kier alpha value is -2.30. The number of hydrogen-bond donors (Lipinski definition) is 3. The summed E-state index contributed by atoms with van der Waals surface area (Å²) in [6.45, 7) is 3.19. The van der Waals surface area contributed by atoms with E-state index in [1.807, 2.05) is 43.5 Å². The lowest BCUT2D eigenvalue weighted by atomic mass is 9.98. The van der Waals surface area contributed by atoms with Gasteiger partial charge in [0.1, 0.15) is 5.92 Å². The van der Waals surface area contributed by atoms with Crippen LogP contribution in [0.5, 0.6) is 0 Å². The van der Waals surface area contributed by atoms with Crippen LogP contribution < -0.4 is 10.6 Å². The van der Waals surface area contributed by atoms with E-state index in [0.29, 0.717) is 25.9 Å². The third kappa shape index (κ3) is 4.91. The van der Waals surface area contributed by atoms with Gasteiger partial charge in [-0.2, -0.15) is 0 Å². The lowest BCUT2D eigenvalue weighted by molar-refractivity contribution is -0.136. The van der Waals surface area contributed by atoms with Crippen LogP contribution in [0, 0.1) is 12.8 Å². The van der Waals surface area contributed by atoms with Gasteiger partial charge >= 0.3 is 0 Å². The molecule has 5 heteroatoms. The quantitative estimate of drug-likeness (QED) is 0.740. The summed E-state index contributed by atoms with van der Waals surface area (Å²) in [5.74, 6) is -0.864. The Bertz CT molecular complexity index is 579. The van der Waals surface area contributed by atoms with Crippen LogP contribution in [0.15, 0.2) is 36.5 Å². The van der Waals surface area contributed by atoms with Gasteiger partial charge in [0, 0.05) is 25.0 Å². The molecule has 2 amide bonds. The lowest BCUT2D eigenvalue weighted by Gasteiger charge is -2.20. The number of aromatic nitrogens is 1. The summed E-state index contributed by atoms with van der Waals surface area (Å²) in [7, 11) is 0. The second-order valence-electron chi connectivity index (χ2n) is 5.48. The smallest absolute Gasteiger partial charge is 0.232 e. The van der Waals surface area contributed by atoms with E-state index in [1.165, 1.54) is 0 Å². The predicted molar refractivity (Wildman–Crippen MR) is 85.6 cm³/mol. The molecule has 0 aliphatic carbocycles. The molecular formula is C17H23N3O2. The maximum atomic E-state index is 12.0. The SMILES string of the molecule is Cc1cccccc(CCNC(=O)C2CCCNC2=O)c[nH]1. The van der Waals surface area contributed by atoms with Gasteiger partial charge < -0.3 is 15.6 Å². The molecule has 0 saturated carbocycles. The van der Waals surface area contributed by atoms with Gasteiger partial charge in [-0.15, -0.1) is 0 Å². The predicted octanol–water partition coefficient (Wildman–Crippen LogP) is 1.63. The summed E-state index contributed by atoms with van der Waals surface area (Å²) < 4.78 is 0. The van der Waals surface area contributed by atoms with Crippen molar-refractivity contribution in [1.29, 1.82) is 0 Å². The number of H-pyrrole nitrogens is 1. The number of nitrogens with one attached hydrogen (secondary N) is 3. The lowest BCUT2D eigenvalue weighted by Crippen LogP contribution is -2.45. The van der Waals surface area contributed by atoms with Crippen LogP contribution in [0.4, 0.5) is 0 Å². The monoisotopic (exact) mass is 301 g/mol. The van der Waals surface area contributed by atoms with Gasteiger partial charge in [-0.1, -0.05) is 24.3 Å². The maximum Gasteiger partial charge on any atom is 0.232 e. The molecule has 1 fully saturated rings. The zero-order valence-corrected chi connectivity index (χ0v) is 12.9. The Morgan fingerprint density at radius 3 is 2.95 bits per heavy atom. The van der Waals surface area contributed by atoms with E-state index in [2.05, 4.69) is 15.6 Å². The van der Waals surface area contributed by atoms with Crippen LogP contribution in [0.25, 0.3) is 0 Å². The molecular weight excluding hydrogens is 278 g/mol. The molecule has 0 radical (unpaired) electrons. The van der Waals surface area contributed by atoms with Crippen molar-refractivity contribution in [3.8, 4) is 0 Å². The van der Waals surface area contributed by atoms with E-state index in [1.54, 1.807) is 0 Å². The van der Waals surface area contributed by atoms with Crippen LogP contribution in [-0.4, -0.2) is 29.9 Å². The minimum absolute atomic E-state index is 0.155. The Labute approximate surface area is 130 Å². The first kappa shape index (κ1) is 16.1. The first-order valence-electron chi connectivity index (χ1n) is 7.69. The maximum absolute atomic E-state index is 12.0. The molecule has 118 valence electrons. The first-order chi connectivity index (χ1) is 10.7. The van der Waals surface area contributed by atoms with E-state index in [4.69, 9.17) is 0 Å². The number of carbonyl (C=O) groups is 2. The van der Waals surface area contributed by atoms with Crippen molar-refractivity contribution in [2.75, 3.05) is 13.1 Å². The van der Waals surface area contributed by atoms with Crippen LogP contribution in [0.1, 0.15) is 24.1 Å². The van der Waals surface area contributed by atoms with Crippen molar-refractivity contribution >= 4 is 11.8 Å². The summed E-state index contributed by atoms with van der Waals surface area (Å²) in [5.41, 5.74) is 2.15. The molecule has 1 saturated heterocycles. The molecule has 0 spiro atoms. The third-order valence-corrected chi connectivity index (χ3v) is 3.68. The minimum atomic E-state index is -0.537. The largest absolute Gasteiger partial charge is 0.365 e. The second-order valence-corrected chi connectivity index (χ2v) is 5.48. The van der Waals surface area contributed by atoms with Gasteiger partial charge in [-0.25, -0.2) is 0 Å². The zero-order chi connectivity index (χ0) is 15.8. The van der Waals surface area contributed by atoms with E-state index in [-0.39, 0.29) is 11.8 Å². The van der Waals surface area contributed by atoms with Crippen molar-refractivity contribution in [3.05, 3.63) is 47.8 Å². The summed E-state index contributed by atoms with van der Waals surface area (Å²) in [4.78, 5) is 26.9. The molecule has 0 aromatic carbocycles. The van der Waals surface area contributed by atoms with Crippen molar-refractivity contribution in [2.45, 2.75) is 26.2 Å². The number of piperidine rings is 1. The summed E-state index contributed by atoms with van der Waals surface area (Å²) in [5, 5.41) is 5.59. The minimum Gasteiger partial charge on any atom is -0.365 e. The fraction of sp³-hybridized carbons (Fsp3) is 0.412. The van der Waals surface area contributed by atoms with Crippen LogP contribution in [-0.2, 0) is 16.0 Å². The Morgan fingerprint density at radius 2 is 2.14 bits per heavy atom. The van der Waals surface area contributed by atoms with Gasteiger partial charge in [0.05, 0.1) is 0 Å². The van der Waals surface area contributed by atoms with Gasteiger partial charge in [-0.3, -0.25) is 9.59 Å². The van der Waals surface area contributed by atoms with E-state index in [0.717, 1.165) is 17.7 Å². The fourth-order valence-electron chi connectivity index (χ4n) is 2.38. The average Bonchev–Trinajstić information content (AvgIpc) is 2.61. The molecule has 2 heterocycles. The van der Waals surface area contributed by atoms with Crippen LogP contribution >= 0.6 is 0 Å². The second kappa shape index (κ2) is 8.22. The number of aryl methyl sites for hydroxylation is 1. The molecule has 2 rings (SSSR count). The zero-order valence-electron chi connectivity index (χ0n) is 12.9. The molecule has 1 aliphatic heterocycles. The fourth-order valence-corrected chi connectivity index (χ4v) is 2.38. The number of aromatic amines is 1. The van der Waals surface area contributed by atoms with E-state index in [9.17, 15) is 9.59 Å². The number of rotatable bonds is 4. The standard InChI is InChI=1S/C17H23N3O2/c1-13-6-3-2-4-7-14(12-20-13)9-11-19-17(22)15-8-5-10-18-16(15)21/h2-4,6-7,12,15,20H,5,8-11H2,1H3,(H,18,21)(H,19,22). The normalized spacial score (nSPS) is 17.3. The van der Waals surface area contributed by atoms with Gasteiger partial charge in [-0.05, 0) is 37.8 Å². The highest BCUT2D eigenvalue weighted by molar-refractivity contribution is 6.00. The molecule has 0 bridgehead atoms. The van der Waals surface area contributed by atoms with Gasteiger partial charge in [0.15, 0.2) is 0 Å². The van der Waals surface area contributed by atoms with Crippen molar-refractivity contribution < 1.29 is 9.59 Å². The van der Waals surface area contributed by atoms with Crippen LogP contribution in [0.2, 0.25) is 0 Å². The highest BCUT2D eigenvalue weighted by Gasteiger charge is 2.28. The Balaban J connectivity index is 1.89. The molecule has 1 aromatic heterocycles. The third-order valence-electron chi connectivity index (χ3n) is 3.68. The average molecular weight is 301 g/mol. The Morgan fingerprint density at radius 1 is 1.32 bits per heavy atom. The highest BCUT2D eigenvalue weighted by atomic mass is 16.2. The van der Waals surface area contributed by atoms with Crippen LogP contribution in [0.3, 0.4) is 0 Å². The first-order valence-corrected chi connectivity index (χ1v) is 7.69. The van der Waals surface area contributed by atoms with E-state index >= 15 is 0 Å². The van der Waals surface area contributed by atoms with Crippen molar-refractivity contribution in [3.63, 3.8) is 0 Å². The highest BCUT2D eigenvalue weighted by Crippen LogP contribution is 2.11. The molecule has 1 aliphatic rings. The molecule has 1 atom stereocenters. The topological polar surface area (TPSA) is 74.0 Å². The van der Waals surface area contributed by atoms with Crippen molar-refractivity contribution in [1.82, 2.24) is 15.6 Å². The summed E-state index contributed by atoms with van der Waals surface area (Å²) in [6, 6.07) is 9.91. The number of amides is 2. The molecule has 5 nitrogen and oxygen atoms in total. The van der Waals surface area contributed by atoms with E-state index < -0.39 is 5.92 Å².